The summed E-state index contributed by atoms with van der Waals surface area (Å²) in [7, 11) is 0. The van der Waals surface area contributed by atoms with Gasteiger partial charge in [-0.25, -0.2) is 4.79 Å². The van der Waals surface area contributed by atoms with Crippen LogP contribution in [0.3, 0.4) is 0 Å². The molecule has 2 unspecified atom stereocenters. The Labute approximate surface area is 207 Å². The Morgan fingerprint density at radius 2 is 1.97 bits per heavy atom. The fraction of sp³-hybridized carbons (Fsp3) is 0.565. The quantitative estimate of drug-likeness (QED) is 0.219. The Morgan fingerprint density at radius 1 is 1.26 bits per heavy atom. The molecule has 1 aromatic rings. The number of ketones is 1. The Morgan fingerprint density at radius 3 is 2.59 bits per heavy atom. The van der Waals surface area contributed by atoms with E-state index in [2.05, 4.69) is 5.32 Å². The van der Waals surface area contributed by atoms with Crippen LogP contribution in [0.5, 0.6) is 5.75 Å². The minimum absolute atomic E-state index is 0.0456. The molecule has 2 aliphatic rings. The number of likely N-dealkylation sites (tertiary alicyclic amines) is 1. The van der Waals surface area contributed by atoms with Crippen molar-refractivity contribution in [2.45, 2.75) is 62.2 Å². The first-order valence-corrected chi connectivity index (χ1v) is 12.5. The minimum Gasteiger partial charge on any atom is -0.484 e. The molecule has 1 aromatic carbocycles. The second-order valence-corrected chi connectivity index (χ2v) is 10.4. The molecule has 2 heterocycles. The first kappa shape index (κ1) is 26.3. The highest BCUT2D eigenvalue weighted by molar-refractivity contribution is 8.00. The lowest BCUT2D eigenvalue weighted by Crippen LogP contribution is -2.72. The number of carbonyl (C=O) groups excluding carboxylic acids is 4. The maximum atomic E-state index is 12.8. The molecular formula is C23H29ClN2O7S. The van der Waals surface area contributed by atoms with Crippen molar-refractivity contribution in [3.63, 3.8) is 0 Å². The van der Waals surface area contributed by atoms with Gasteiger partial charge in [-0.05, 0) is 45.7 Å². The van der Waals surface area contributed by atoms with Gasteiger partial charge >= 0.3 is 5.97 Å². The summed E-state index contributed by atoms with van der Waals surface area (Å²) < 4.78 is 16.1. The number of Topliss-reactive ketones (excluding diaryl/α,β-unsaturated/α-hetero) is 1. The summed E-state index contributed by atoms with van der Waals surface area (Å²) in [4.78, 5) is 51.4. The predicted octanol–water partition coefficient (Wildman–Crippen LogP) is 2.11. The van der Waals surface area contributed by atoms with E-state index in [1.54, 1.807) is 45.0 Å². The lowest BCUT2D eigenvalue weighted by Gasteiger charge is -2.48. The highest BCUT2D eigenvalue weighted by atomic mass is 35.5. The van der Waals surface area contributed by atoms with Gasteiger partial charge in [-0.2, -0.15) is 0 Å². The molecule has 1 N–H and O–H groups in total. The number of hydrogen-bond donors (Lipinski definition) is 1. The number of ether oxygens (including phenoxy) is 3. The van der Waals surface area contributed by atoms with Crippen LogP contribution in [0.2, 0.25) is 0 Å². The topological polar surface area (TPSA) is 111 Å². The van der Waals surface area contributed by atoms with E-state index < -0.39 is 46.4 Å². The molecule has 11 heteroatoms. The zero-order chi connectivity index (χ0) is 24.9. The normalized spacial score (nSPS) is 23.1. The largest absolute Gasteiger partial charge is 0.484 e. The highest BCUT2D eigenvalue weighted by Crippen LogP contribution is 2.35. The summed E-state index contributed by atoms with van der Waals surface area (Å²) in [5.74, 6) is -1.39. The van der Waals surface area contributed by atoms with Crippen LogP contribution in [0.1, 0.15) is 33.6 Å². The fourth-order valence-electron chi connectivity index (χ4n) is 3.47. The van der Waals surface area contributed by atoms with Crippen LogP contribution in [0.25, 0.3) is 0 Å². The maximum absolute atomic E-state index is 12.8. The molecule has 2 aliphatic heterocycles. The Balaban J connectivity index is 1.64. The van der Waals surface area contributed by atoms with Crippen LogP contribution in [-0.4, -0.2) is 76.1 Å². The number of rotatable bonds is 10. The van der Waals surface area contributed by atoms with Crippen LogP contribution >= 0.6 is 23.4 Å². The van der Waals surface area contributed by atoms with E-state index in [1.165, 1.54) is 0 Å². The molecule has 2 fully saturated rings. The van der Waals surface area contributed by atoms with Crippen molar-refractivity contribution in [1.82, 2.24) is 10.2 Å². The molecule has 0 aliphatic carbocycles. The number of nitrogens with zero attached hydrogens (tertiary/aromatic N) is 1. The second-order valence-electron chi connectivity index (χ2n) is 8.93. The first-order chi connectivity index (χ1) is 16.1. The van der Waals surface area contributed by atoms with Gasteiger partial charge in [-0.3, -0.25) is 19.3 Å². The average Bonchev–Trinajstić information content (AvgIpc) is 3.33. The van der Waals surface area contributed by atoms with E-state index in [1.807, 2.05) is 6.07 Å². The number of benzene rings is 1. The van der Waals surface area contributed by atoms with Gasteiger partial charge in [0.15, 0.2) is 12.4 Å². The van der Waals surface area contributed by atoms with Crippen molar-refractivity contribution in [1.29, 1.82) is 0 Å². The van der Waals surface area contributed by atoms with E-state index in [0.717, 1.165) is 23.1 Å². The SMILES string of the molecule is CC(C)(C)OC(=O)C(Cl)N1C(=O)[C@@H](NC(=O)COc2ccccc2)[C@H]1SCC(=O)C1CCCO1. The van der Waals surface area contributed by atoms with E-state index in [4.69, 9.17) is 25.8 Å². The number of alkyl halides is 1. The average molecular weight is 513 g/mol. The number of para-hydroxylation sites is 1. The number of hydrogen-bond acceptors (Lipinski definition) is 8. The van der Waals surface area contributed by atoms with Crippen molar-refractivity contribution < 1.29 is 33.4 Å². The highest BCUT2D eigenvalue weighted by Gasteiger charge is 2.53. The van der Waals surface area contributed by atoms with Gasteiger partial charge in [-0.15, -0.1) is 11.8 Å². The Hall–Kier alpha value is -2.30. The number of thioether (sulfide) groups is 1. The number of nitrogens with one attached hydrogen (secondary N) is 1. The van der Waals surface area contributed by atoms with Crippen LogP contribution in [0.4, 0.5) is 0 Å². The van der Waals surface area contributed by atoms with Crippen molar-refractivity contribution in [3.05, 3.63) is 30.3 Å². The molecule has 2 saturated heterocycles. The molecule has 34 heavy (non-hydrogen) atoms. The summed E-state index contributed by atoms with van der Waals surface area (Å²) >= 11 is 7.41. The molecular weight excluding hydrogens is 484 g/mol. The van der Waals surface area contributed by atoms with Crippen molar-refractivity contribution in [2.24, 2.45) is 0 Å². The molecule has 2 amide bonds. The monoisotopic (exact) mass is 512 g/mol. The molecule has 186 valence electrons. The van der Waals surface area contributed by atoms with Crippen molar-refractivity contribution >= 4 is 46.9 Å². The van der Waals surface area contributed by atoms with E-state index >= 15 is 0 Å². The van der Waals surface area contributed by atoms with E-state index in [9.17, 15) is 19.2 Å². The number of β-lactam (4-membered cyclic amide) rings is 1. The minimum atomic E-state index is -1.39. The third kappa shape index (κ3) is 6.86. The van der Waals surface area contributed by atoms with Crippen LogP contribution in [0, 0.1) is 0 Å². The number of carbonyl (C=O) groups is 4. The van der Waals surface area contributed by atoms with Gasteiger partial charge < -0.3 is 19.5 Å². The summed E-state index contributed by atoms with van der Waals surface area (Å²) in [5, 5.41) is 1.89. The summed E-state index contributed by atoms with van der Waals surface area (Å²) in [6.07, 6.45) is 0.999. The van der Waals surface area contributed by atoms with Crippen LogP contribution in [-0.2, 0) is 28.7 Å². The first-order valence-electron chi connectivity index (χ1n) is 11.0. The Bertz CT molecular complexity index is 902. The van der Waals surface area contributed by atoms with Gasteiger partial charge in [0.2, 0.25) is 5.50 Å². The molecule has 0 radical (unpaired) electrons. The Kier molecular flexibility index (Phi) is 8.83. The van der Waals surface area contributed by atoms with Gasteiger partial charge in [0, 0.05) is 6.61 Å². The van der Waals surface area contributed by atoms with Crippen LogP contribution in [0.15, 0.2) is 30.3 Å². The summed E-state index contributed by atoms with van der Waals surface area (Å²) in [6.45, 7) is 5.31. The molecule has 0 bridgehead atoms. The maximum Gasteiger partial charge on any atom is 0.345 e. The molecule has 0 aromatic heterocycles. The zero-order valence-corrected chi connectivity index (χ0v) is 20.9. The van der Waals surface area contributed by atoms with Gasteiger partial charge in [0.25, 0.3) is 11.8 Å². The number of esters is 1. The summed E-state index contributed by atoms with van der Waals surface area (Å²) in [6, 6.07) is 7.82. The fourth-order valence-corrected chi connectivity index (χ4v) is 5.09. The second kappa shape index (κ2) is 11.4. The standard InChI is InChI=1S/C23H29ClN2O7S/c1-23(2,3)33-22(30)19(24)26-20(29)18(21(26)34-13-15(27)16-10-7-11-31-16)25-17(28)12-32-14-8-5-4-6-9-14/h4-6,8-9,16,18-19,21H,7,10-13H2,1-3H3,(H,25,28)/t16?,18-,19?,21-/m1/s1. The molecule has 9 nitrogen and oxygen atoms in total. The molecule has 3 rings (SSSR count). The third-order valence-electron chi connectivity index (χ3n) is 5.04. The molecule has 4 atom stereocenters. The van der Waals surface area contributed by atoms with Gasteiger partial charge in [0.1, 0.15) is 28.9 Å². The number of amides is 2. The predicted molar refractivity (Wildman–Crippen MR) is 126 cm³/mol. The molecule has 0 spiro atoms. The zero-order valence-electron chi connectivity index (χ0n) is 19.3. The lowest BCUT2D eigenvalue weighted by molar-refractivity contribution is -0.167. The lowest BCUT2D eigenvalue weighted by atomic mass is 10.1. The number of halogens is 1. The van der Waals surface area contributed by atoms with Gasteiger partial charge in [-0.1, -0.05) is 29.8 Å². The van der Waals surface area contributed by atoms with Gasteiger partial charge in [0.05, 0.1) is 5.75 Å². The van der Waals surface area contributed by atoms with E-state index in [0.29, 0.717) is 18.8 Å². The van der Waals surface area contributed by atoms with Crippen LogP contribution < -0.4 is 10.1 Å². The summed E-state index contributed by atoms with van der Waals surface area (Å²) in [5.41, 5.74) is -2.19. The smallest absolute Gasteiger partial charge is 0.345 e. The van der Waals surface area contributed by atoms with Crippen molar-refractivity contribution in [3.8, 4) is 5.75 Å². The third-order valence-corrected chi connectivity index (χ3v) is 6.72. The van der Waals surface area contributed by atoms with Crippen molar-refractivity contribution in [2.75, 3.05) is 19.0 Å². The van der Waals surface area contributed by atoms with E-state index in [-0.39, 0.29) is 18.1 Å². The molecule has 0 saturated carbocycles.